The summed E-state index contributed by atoms with van der Waals surface area (Å²) >= 11 is 1.68. The van der Waals surface area contributed by atoms with Crippen LogP contribution in [0, 0.1) is 0 Å². The molecule has 1 saturated heterocycles. The number of para-hydroxylation sites is 2. The molecule has 4 rings (SSSR count). The third-order valence-corrected chi connectivity index (χ3v) is 5.30. The summed E-state index contributed by atoms with van der Waals surface area (Å²) in [4.78, 5) is 12.9. The molecule has 5 nitrogen and oxygen atoms in total. The van der Waals surface area contributed by atoms with Crippen molar-refractivity contribution in [3.05, 3.63) is 59.4 Å². The zero-order valence-electron chi connectivity index (χ0n) is 14.5. The Balaban J connectivity index is 0.00000196. The summed E-state index contributed by atoms with van der Waals surface area (Å²) in [6.45, 7) is 3.04. The number of fused-ring (bicyclic) bond motifs is 1. The number of nitrogens with zero attached hydrogens (tertiary/aromatic N) is 4. The Morgan fingerprint density at radius 2 is 1.69 bits per heavy atom. The monoisotopic (exact) mass is 388 g/mol. The number of aliphatic imine (C=N–C) groups is 1. The van der Waals surface area contributed by atoms with Crippen LogP contribution in [0.1, 0.15) is 0 Å². The summed E-state index contributed by atoms with van der Waals surface area (Å²) in [6, 6.07) is 18.3. The van der Waals surface area contributed by atoms with Gasteiger partial charge >= 0.3 is 0 Å². The second-order valence-corrected chi connectivity index (χ2v) is 6.88. The molecule has 1 aromatic heterocycles. The van der Waals surface area contributed by atoms with E-state index in [0.29, 0.717) is 13.2 Å². The van der Waals surface area contributed by atoms with E-state index in [-0.39, 0.29) is 12.4 Å². The highest BCUT2D eigenvalue weighted by molar-refractivity contribution is 7.16. The minimum Gasteiger partial charge on any atom is -0.378 e. The van der Waals surface area contributed by atoms with Crippen molar-refractivity contribution < 1.29 is 4.74 Å². The first-order chi connectivity index (χ1) is 12.3. The summed E-state index contributed by atoms with van der Waals surface area (Å²) in [5.74, 6) is 0.747. The molecule has 0 saturated carbocycles. The van der Waals surface area contributed by atoms with Crippen molar-refractivity contribution >= 4 is 45.6 Å². The molecule has 26 heavy (non-hydrogen) atoms. The van der Waals surface area contributed by atoms with Crippen LogP contribution in [0.4, 0.5) is 5.69 Å². The fourth-order valence-corrected chi connectivity index (χ4v) is 3.84. The smallest absolute Gasteiger partial charge is 0.228 e. The number of rotatable bonds is 1. The average Bonchev–Trinajstić information content (AvgIpc) is 2.99. The molecule has 1 aliphatic rings. The number of ether oxygens (including phenoxy) is 1. The maximum atomic E-state index is 5.48. The van der Waals surface area contributed by atoms with Crippen molar-refractivity contribution in [2.24, 2.45) is 17.0 Å². The Labute approximate surface area is 162 Å². The predicted octanol–water partition coefficient (Wildman–Crippen LogP) is 3.58. The zero-order chi connectivity index (χ0) is 17.1. The van der Waals surface area contributed by atoms with Gasteiger partial charge < -0.3 is 14.2 Å². The third kappa shape index (κ3) is 3.98. The number of morpholine rings is 1. The van der Waals surface area contributed by atoms with Gasteiger partial charge in [0.25, 0.3) is 0 Å². The second-order valence-electron chi connectivity index (χ2n) is 5.87. The van der Waals surface area contributed by atoms with Crippen molar-refractivity contribution in [3.63, 3.8) is 0 Å². The lowest BCUT2D eigenvalue weighted by Crippen LogP contribution is -2.40. The molecule has 2 aromatic carbocycles. The van der Waals surface area contributed by atoms with Crippen molar-refractivity contribution in [1.29, 1.82) is 0 Å². The lowest BCUT2D eigenvalue weighted by atomic mass is 10.3. The fourth-order valence-electron chi connectivity index (χ4n) is 2.82. The van der Waals surface area contributed by atoms with Crippen LogP contribution in [0.15, 0.2) is 64.6 Å². The molecule has 1 aliphatic heterocycles. The van der Waals surface area contributed by atoms with Crippen LogP contribution in [-0.2, 0) is 11.8 Å². The maximum Gasteiger partial charge on any atom is 0.228 e. The van der Waals surface area contributed by atoms with Gasteiger partial charge in [0.15, 0.2) is 4.80 Å². The van der Waals surface area contributed by atoms with Gasteiger partial charge in [0.2, 0.25) is 5.96 Å². The Hall–Kier alpha value is -2.15. The number of halogens is 1. The minimum absolute atomic E-state index is 0. The van der Waals surface area contributed by atoms with Gasteiger partial charge in [0, 0.05) is 20.1 Å². The molecule has 7 heteroatoms. The molecule has 0 radical (unpaired) electrons. The highest BCUT2D eigenvalue weighted by atomic mass is 35.5. The molecular weight excluding hydrogens is 368 g/mol. The SMILES string of the molecule is Cl.Cn1/c(=N\C(=Nc2ccccc2)N2CCOCC2)sc2ccccc21. The Kier molecular flexibility index (Phi) is 6.08. The van der Waals surface area contributed by atoms with Gasteiger partial charge in [-0.1, -0.05) is 41.7 Å². The maximum absolute atomic E-state index is 5.48. The number of aryl methyl sites for hydroxylation is 1. The van der Waals surface area contributed by atoms with Crippen LogP contribution in [-0.4, -0.2) is 41.7 Å². The van der Waals surface area contributed by atoms with Crippen molar-refractivity contribution in [1.82, 2.24) is 9.47 Å². The molecule has 0 unspecified atom stereocenters. The number of hydrogen-bond acceptors (Lipinski definition) is 3. The van der Waals surface area contributed by atoms with Crippen LogP contribution >= 0.6 is 23.7 Å². The molecule has 0 bridgehead atoms. The van der Waals surface area contributed by atoms with Crippen LogP contribution in [0.3, 0.4) is 0 Å². The molecule has 136 valence electrons. The quantitative estimate of drug-likeness (QED) is 0.472. The predicted molar refractivity (Wildman–Crippen MR) is 110 cm³/mol. The topological polar surface area (TPSA) is 42.1 Å². The van der Waals surface area contributed by atoms with Gasteiger partial charge in [0.1, 0.15) is 0 Å². The molecule has 0 spiro atoms. The number of aromatic nitrogens is 1. The second kappa shape index (κ2) is 8.49. The standard InChI is InChI=1S/C19H20N4OS.ClH/c1-22-16-9-5-6-10-17(16)25-19(22)21-18(23-11-13-24-14-12-23)20-15-7-3-2-4-8-15;/h2-10H,11-14H2,1H3;1H/b20-18?,21-19+;. The zero-order valence-corrected chi connectivity index (χ0v) is 16.2. The van der Waals surface area contributed by atoms with Crippen molar-refractivity contribution in [2.75, 3.05) is 26.3 Å². The number of hydrogen-bond donors (Lipinski definition) is 0. The van der Waals surface area contributed by atoms with E-state index in [4.69, 9.17) is 14.7 Å². The Bertz CT molecular complexity index is 958. The first-order valence-corrected chi connectivity index (χ1v) is 9.19. The van der Waals surface area contributed by atoms with E-state index in [1.807, 2.05) is 30.3 Å². The van der Waals surface area contributed by atoms with Crippen LogP contribution in [0.5, 0.6) is 0 Å². The molecule has 1 fully saturated rings. The first-order valence-electron chi connectivity index (χ1n) is 8.37. The summed E-state index contributed by atoms with van der Waals surface area (Å²) in [5, 5.41) is 0. The van der Waals surface area contributed by atoms with Gasteiger partial charge in [-0.05, 0) is 24.3 Å². The van der Waals surface area contributed by atoms with Gasteiger partial charge in [-0.15, -0.1) is 12.4 Å². The Morgan fingerprint density at radius 3 is 2.42 bits per heavy atom. The highest BCUT2D eigenvalue weighted by Crippen LogP contribution is 2.16. The summed E-state index contributed by atoms with van der Waals surface area (Å²) < 4.78 is 8.83. The average molecular weight is 389 g/mol. The van der Waals surface area contributed by atoms with Crippen molar-refractivity contribution in [2.45, 2.75) is 0 Å². The van der Waals surface area contributed by atoms with E-state index in [1.54, 1.807) is 11.3 Å². The van der Waals surface area contributed by atoms with E-state index in [0.717, 1.165) is 29.5 Å². The van der Waals surface area contributed by atoms with Gasteiger partial charge in [-0.25, -0.2) is 4.99 Å². The number of guanidine groups is 1. The lowest BCUT2D eigenvalue weighted by Gasteiger charge is -2.27. The molecular formula is C19H21ClN4OS. The van der Waals surface area contributed by atoms with E-state index < -0.39 is 0 Å². The largest absolute Gasteiger partial charge is 0.378 e. The van der Waals surface area contributed by atoms with E-state index >= 15 is 0 Å². The molecule has 0 atom stereocenters. The third-order valence-electron chi connectivity index (χ3n) is 4.19. The Morgan fingerprint density at radius 1 is 1.00 bits per heavy atom. The summed E-state index contributed by atoms with van der Waals surface area (Å²) in [6.07, 6.45) is 0. The van der Waals surface area contributed by atoms with E-state index in [1.165, 1.54) is 10.2 Å². The van der Waals surface area contributed by atoms with Crippen LogP contribution in [0.25, 0.3) is 10.2 Å². The molecule has 0 amide bonds. The van der Waals surface area contributed by atoms with Crippen LogP contribution < -0.4 is 4.80 Å². The van der Waals surface area contributed by atoms with Gasteiger partial charge in [0.05, 0.1) is 29.1 Å². The van der Waals surface area contributed by atoms with Crippen molar-refractivity contribution in [3.8, 4) is 0 Å². The van der Waals surface area contributed by atoms with E-state index in [2.05, 4.69) is 40.8 Å². The lowest BCUT2D eigenvalue weighted by molar-refractivity contribution is 0.0675. The fraction of sp³-hybridized carbons (Fsp3) is 0.263. The molecule has 0 N–H and O–H groups in total. The summed E-state index contributed by atoms with van der Waals surface area (Å²) in [5.41, 5.74) is 2.10. The normalized spacial score (nSPS) is 16.0. The van der Waals surface area contributed by atoms with Crippen LogP contribution in [0.2, 0.25) is 0 Å². The highest BCUT2D eigenvalue weighted by Gasteiger charge is 2.15. The molecule has 3 aromatic rings. The number of benzene rings is 2. The molecule has 2 heterocycles. The number of thiazole rings is 1. The minimum atomic E-state index is 0. The van der Waals surface area contributed by atoms with Gasteiger partial charge in [-0.3, -0.25) is 0 Å². The van der Waals surface area contributed by atoms with Gasteiger partial charge in [-0.2, -0.15) is 4.99 Å². The first kappa shape index (κ1) is 18.6. The molecule has 0 aliphatic carbocycles. The van der Waals surface area contributed by atoms with E-state index in [9.17, 15) is 0 Å². The summed E-state index contributed by atoms with van der Waals surface area (Å²) in [7, 11) is 2.05.